The van der Waals surface area contributed by atoms with E-state index in [2.05, 4.69) is 9.97 Å². The fourth-order valence-electron chi connectivity index (χ4n) is 2.57. The van der Waals surface area contributed by atoms with E-state index in [4.69, 9.17) is 9.47 Å². The highest BCUT2D eigenvalue weighted by Gasteiger charge is 1.95. The highest BCUT2D eigenvalue weighted by molar-refractivity contribution is 5.70. The van der Waals surface area contributed by atoms with Crippen molar-refractivity contribution in [3.63, 3.8) is 0 Å². The Morgan fingerprint density at radius 3 is 1.32 bits per heavy atom. The van der Waals surface area contributed by atoms with Gasteiger partial charge in [0.2, 0.25) is 0 Å². The molecule has 2 aromatic carbocycles. The van der Waals surface area contributed by atoms with Crippen molar-refractivity contribution in [1.29, 1.82) is 0 Å². The van der Waals surface area contributed by atoms with E-state index >= 15 is 0 Å². The molecule has 0 aliphatic carbocycles. The van der Waals surface area contributed by atoms with Gasteiger partial charge in [0.05, 0.1) is 37.0 Å². The van der Waals surface area contributed by atoms with Crippen LogP contribution in [0.1, 0.15) is 36.4 Å². The van der Waals surface area contributed by atoms with Gasteiger partial charge in [-0.1, -0.05) is 36.4 Å². The predicted octanol–water partition coefficient (Wildman–Crippen LogP) is 5.61. The summed E-state index contributed by atoms with van der Waals surface area (Å²) in [6, 6.07) is 15.9. The van der Waals surface area contributed by atoms with Crippen molar-refractivity contribution in [1.82, 2.24) is 9.97 Å². The van der Waals surface area contributed by atoms with Crippen LogP contribution >= 0.6 is 0 Å². The molecular formula is C24H24N2O2. The minimum absolute atomic E-state index is 0.671. The molecule has 3 aromatic rings. The lowest BCUT2D eigenvalue weighted by atomic mass is 10.2. The number of rotatable bonds is 8. The third-order valence-corrected chi connectivity index (χ3v) is 3.97. The first-order valence-corrected chi connectivity index (χ1v) is 9.40. The molecule has 1 aromatic heterocycles. The number of ether oxygens (including phenoxy) is 2. The largest absolute Gasteiger partial charge is 0.494 e. The molecule has 28 heavy (non-hydrogen) atoms. The van der Waals surface area contributed by atoms with Crippen LogP contribution in [-0.2, 0) is 0 Å². The number of benzene rings is 2. The number of nitrogens with zero attached hydrogens (tertiary/aromatic N) is 2. The Morgan fingerprint density at radius 1 is 0.607 bits per heavy atom. The molecule has 4 heteroatoms. The lowest BCUT2D eigenvalue weighted by Gasteiger charge is -2.02. The van der Waals surface area contributed by atoms with Crippen LogP contribution in [0, 0.1) is 0 Å². The van der Waals surface area contributed by atoms with Crippen molar-refractivity contribution in [2.45, 2.75) is 13.8 Å². The van der Waals surface area contributed by atoms with Gasteiger partial charge in [-0.25, -0.2) is 0 Å². The Balaban J connectivity index is 1.59. The van der Waals surface area contributed by atoms with E-state index in [0.29, 0.717) is 13.2 Å². The minimum Gasteiger partial charge on any atom is -0.494 e. The van der Waals surface area contributed by atoms with Gasteiger partial charge < -0.3 is 9.47 Å². The Labute approximate surface area is 166 Å². The maximum absolute atomic E-state index is 5.45. The predicted molar refractivity (Wildman–Crippen MR) is 115 cm³/mol. The number of hydrogen-bond donors (Lipinski definition) is 0. The highest BCUT2D eigenvalue weighted by atomic mass is 16.5. The molecule has 3 rings (SSSR count). The van der Waals surface area contributed by atoms with Crippen molar-refractivity contribution < 1.29 is 9.47 Å². The summed E-state index contributed by atoms with van der Waals surface area (Å²) >= 11 is 0. The highest BCUT2D eigenvalue weighted by Crippen LogP contribution is 2.15. The zero-order valence-corrected chi connectivity index (χ0v) is 16.2. The Bertz CT molecular complexity index is 834. The molecule has 0 aliphatic heterocycles. The summed E-state index contributed by atoms with van der Waals surface area (Å²) in [5.74, 6) is 1.76. The summed E-state index contributed by atoms with van der Waals surface area (Å²) in [6.45, 7) is 5.29. The van der Waals surface area contributed by atoms with E-state index in [1.807, 2.05) is 86.7 Å². The van der Waals surface area contributed by atoms with Crippen LogP contribution in [-0.4, -0.2) is 23.2 Å². The molecule has 0 saturated heterocycles. The molecule has 0 unspecified atom stereocenters. The van der Waals surface area contributed by atoms with E-state index < -0.39 is 0 Å². The quantitative estimate of drug-likeness (QED) is 0.515. The summed E-state index contributed by atoms with van der Waals surface area (Å²) in [5.41, 5.74) is 3.80. The first-order chi connectivity index (χ1) is 13.8. The molecule has 0 N–H and O–H groups in total. The lowest BCUT2D eigenvalue weighted by Crippen LogP contribution is -1.90. The van der Waals surface area contributed by atoms with Crippen LogP contribution in [0.3, 0.4) is 0 Å². The maximum Gasteiger partial charge on any atom is 0.119 e. The van der Waals surface area contributed by atoms with E-state index in [-0.39, 0.29) is 0 Å². The molecule has 0 radical (unpaired) electrons. The summed E-state index contributed by atoms with van der Waals surface area (Å²) < 4.78 is 10.9. The Morgan fingerprint density at radius 2 is 1.00 bits per heavy atom. The van der Waals surface area contributed by atoms with Crippen LogP contribution in [0.4, 0.5) is 0 Å². The number of hydrogen-bond acceptors (Lipinski definition) is 4. The second-order valence-electron chi connectivity index (χ2n) is 6.04. The molecule has 142 valence electrons. The zero-order chi connectivity index (χ0) is 19.6. The summed E-state index contributed by atoms with van der Waals surface area (Å²) in [5, 5.41) is 0. The first-order valence-electron chi connectivity index (χ1n) is 9.40. The average Bonchev–Trinajstić information content (AvgIpc) is 2.74. The molecule has 0 fully saturated rings. The molecule has 1 heterocycles. The van der Waals surface area contributed by atoms with E-state index in [0.717, 1.165) is 34.0 Å². The second-order valence-corrected chi connectivity index (χ2v) is 6.04. The molecule has 0 spiro atoms. The molecular weight excluding hydrogens is 348 g/mol. The normalized spacial score (nSPS) is 11.2. The molecule has 0 amide bonds. The average molecular weight is 372 g/mol. The standard InChI is InChI=1S/C24H24N2O2/c1-3-27-23-13-7-19(8-14-23)5-11-21-17-26-22(18-25-21)12-6-20-9-15-24(16-10-20)28-4-2/h5-18H,3-4H2,1-2H3/b11-5+,12-6+. The Hall–Kier alpha value is -3.40. The molecule has 4 nitrogen and oxygen atoms in total. The minimum atomic E-state index is 0.671. The third-order valence-electron chi connectivity index (χ3n) is 3.97. The molecule has 0 saturated carbocycles. The topological polar surface area (TPSA) is 44.2 Å². The van der Waals surface area contributed by atoms with Gasteiger partial charge in [-0.05, 0) is 61.4 Å². The lowest BCUT2D eigenvalue weighted by molar-refractivity contribution is 0.340. The summed E-state index contributed by atoms with van der Waals surface area (Å²) in [7, 11) is 0. The van der Waals surface area contributed by atoms with Gasteiger partial charge in [0.25, 0.3) is 0 Å². The summed E-state index contributed by atoms with van der Waals surface area (Å²) in [4.78, 5) is 8.89. The summed E-state index contributed by atoms with van der Waals surface area (Å²) in [6.07, 6.45) is 11.4. The first kappa shape index (κ1) is 19.4. The van der Waals surface area contributed by atoms with Crippen LogP contribution in [0.15, 0.2) is 60.9 Å². The van der Waals surface area contributed by atoms with E-state index in [9.17, 15) is 0 Å². The van der Waals surface area contributed by atoms with E-state index in [1.54, 1.807) is 12.4 Å². The van der Waals surface area contributed by atoms with Crippen molar-refractivity contribution in [2.75, 3.05) is 13.2 Å². The van der Waals surface area contributed by atoms with Gasteiger partial charge in [0, 0.05) is 0 Å². The fourth-order valence-corrected chi connectivity index (χ4v) is 2.57. The monoisotopic (exact) mass is 372 g/mol. The maximum atomic E-state index is 5.45. The van der Waals surface area contributed by atoms with E-state index in [1.165, 1.54) is 0 Å². The van der Waals surface area contributed by atoms with Gasteiger partial charge in [-0.2, -0.15) is 0 Å². The Kier molecular flexibility index (Phi) is 6.96. The van der Waals surface area contributed by atoms with Crippen molar-refractivity contribution in [3.8, 4) is 11.5 Å². The van der Waals surface area contributed by atoms with Crippen molar-refractivity contribution >= 4 is 24.3 Å². The third kappa shape index (κ3) is 5.81. The molecule has 0 bridgehead atoms. The molecule has 0 atom stereocenters. The van der Waals surface area contributed by atoms with Gasteiger partial charge >= 0.3 is 0 Å². The van der Waals surface area contributed by atoms with Crippen LogP contribution < -0.4 is 9.47 Å². The van der Waals surface area contributed by atoms with Crippen LogP contribution in [0.2, 0.25) is 0 Å². The van der Waals surface area contributed by atoms with Gasteiger partial charge in [-0.15, -0.1) is 0 Å². The van der Waals surface area contributed by atoms with Crippen molar-refractivity contribution in [3.05, 3.63) is 83.4 Å². The second kappa shape index (κ2) is 10.1. The van der Waals surface area contributed by atoms with Gasteiger partial charge in [-0.3, -0.25) is 9.97 Å². The van der Waals surface area contributed by atoms with Gasteiger partial charge in [0.1, 0.15) is 11.5 Å². The smallest absolute Gasteiger partial charge is 0.119 e. The zero-order valence-electron chi connectivity index (χ0n) is 16.2. The van der Waals surface area contributed by atoms with Crippen LogP contribution in [0.25, 0.3) is 24.3 Å². The SMILES string of the molecule is CCOc1ccc(/C=C/c2cnc(/C=C/c3ccc(OCC)cc3)cn2)cc1. The molecule has 0 aliphatic rings. The number of aromatic nitrogens is 2. The van der Waals surface area contributed by atoms with Crippen molar-refractivity contribution in [2.24, 2.45) is 0 Å². The van der Waals surface area contributed by atoms with Gasteiger partial charge in [0.15, 0.2) is 0 Å². The fraction of sp³-hybridized carbons (Fsp3) is 0.167. The van der Waals surface area contributed by atoms with Crippen LogP contribution in [0.5, 0.6) is 11.5 Å².